The SMILES string of the molecule is Cn1nc(NS(C)(=O)=O)c2c(Cl)ccc(-n3c([C@@H](N)Cc4cc(F)cc(F)c4)nc4cc(C#N)ccc4c3=O)c21. The van der Waals surface area contributed by atoms with E-state index in [9.17, 15) is 27.3 Å². The first-order valence-corrected chi connectivity index (χ1v) is 13.9. The fraction of sp³-hybridized carbons (Fsp3) is 0.154. The molecule has 0 amide bonds. The minimum absolute atomic E-state index is 0.0275. The Labute approximate surface area is 231 Å². The summed E-state index contributed by atoms with van der Waals surface area (Å²) in [7, 11) is -2.18. The molecule has 0 spiro atoms. The van der Waals surface area contributed by atoms with Gasteiger partial charge in [0.05, 0.1) is 56.4 Å². The highest BCUT2D eigenvalue weighted by atomic mass is 35.5. The Kier molecular flexibility index (Phi) is 6.79. The monoisotopic (exact) mass is 583 g/mol. The van der Waals surface area contributed by atoms with E-state index in [1.807, 2.05) is 6.07 Å². The third kappa shape index (κ3) is 5.00. The van der Waals surface area contributed by atoms with Gasteiger partial charge in [-0.3, -0.25) is 18.8 Å². The van der Waals surface area contributed by atoms with Gasteiger partial charge >= 0.3 is 0 Å². The molecule has 3 aromatic carbocycles. The maximum atomic E-state index is 14.0. The Morgan fingerprint density at radius 1 is 1.15 bits per heavy atom. The van der Waals surface area contributed by atoms with Gasteiger partial charge in [-0.2, -0.15) is 10.4 Å². The molecule has 204 valence electrons. The zero-order valence-corrected chi connectivity index (χ0v) is 22.6. The van der Waals surface area contributed by atoms with Crippen LogP contribution >= 0.6 is 11.6 Å². The standard InChI is InChI=1S/C26H20ClF2N7O3S/c1-35-23-21(6-5-18(27)22(23)24(33-35)34-40(2,38)39)36-25(19(31)9-14-7-15(28)11-16(29)8-14)32-20-10-13(12-30)3-4-17(20)26(36)37/h3-8,10-11,19H,9,31H2,1-2H3,(H,33,34)/t19-/m0/s1. The van der Waals surface area contributed by atoms with Crippen molar-refractivity contribution in [1.82, 2.24) is 19.3 Å². The molecule has 0 radical (unpaired) electrons. The number of fused-ring (bicyclic) bond motifs is 2. The van der Waals surface area contributed by atoms with Crippen LogP contribution in [0.4, 0.5) is 14.6 Å². The predicted molar refractivity (Wildman–Crippen MR) is 147 cm³/mol. The molecule has 10 nitrogen and oxygen atoms in total. The summed E-state index contributed by atoms with van der Waals surface area (Å²) in [6.07, 6.45) is 0.873. The first-order valence-electron chi connectivity index (χ1n) is 11.7. The number of sulfonamides is 1. The summed E-state index contributed by atoms with van der Waals surface area (Å²) in [5.41, 5.74) is 7.20. The number of nitrogens with one attached hydrogen (secondary N) is 1. The van der Waals surface area contributed by atoms with Crippen LogP contribution in [0.2, 0.25) is 5.02 Å². The first kappa shape index (κ1) is 27.2. The number of nitriles is 1. The first-order chi connectivity index (χ1) is 18.9. The number of halogens is 3. The molecule has 0 fully saturated rings. The van der Waals surface area contributed by atoms with E-state index < -0.39 is 33.3 Å². The quantitative estimate of drug-likeness (QED) is 0.310. The highest BCUT2D eigenvalue weighted by molar-refractivity contribution is 7.92. The fourth-order valence-corrected chi connectivity index (χ4v) is 5.35. The van der Waals surface area contributed by atoms with Crippen LogP contribution in [0.5, 0.6) is 0 Å². The van der Waals surface area contributed by atoms with Crippen LogP contribution in [0.3, 0.4) is 0 Å². The lowest BCUT2D eigenvalue weighted by Gasteiger charge is -2.20. The molecule has 5 aromatic rings. The molecule has 3 N–H and O–H groups in total. The normalized spacial score (nSPS) is 12.5. The Morgan fingerprint density at radius 2 is 1.85 bits per heavy atom. The van der Waals surface area contributed by atoms with Crippen molar-refractivity contribution >= 4 is 49.2 Å². The van der Waals surface area contributed by atoms with E-state index in [-0.39, 0.29) is 56.2 Å². The highest BCUT2D eigenvalue weighted by Gasteiger charge is 2.25. The van der Waals surface area contributed by atoms with Gasteiger partial charge in [0, 0.05) is 13.1 Å². The number of hydrogen-bond donors (Lipinski definition) is 2. The molecule has 40 heavy (non-hydrogen) atoms. The maximum absolute atomic E-state index is 14.0. The van der Waals surface area contributed by atoms with Crippen LogP contribution in [0.1, 0.15) is 23.0 Å². The molecule has 0 saturated carbocycles. The molecule has 2 aromatic heterocycles. The molecule has 1 atom stereocenters. The second kappa shape index (κ2) is 9.98. The van der Waals surface area contributed by atoms with Gasteiger partial charge in [0.15, 0.2) is 5.82 Å². The molecule has 0 bridgehead atoms. The van der Waals surface area contributed by atoms with Gasteiger partial charge in [0.25, 0.3) is 5.56 Å². The van der Waals surface area contributed by atoms with Crippen molar-refractivity contribution in [3.63, 3.8) is 0 Å². The van der Waals surface area contributed by atoms with Crippen molar-refractivity contribution in [3.05, 3.63) is 92.5 Å². The summed E-state index contributed by atoms with van der Waals surface area (Å²) in [5.74, 6) is -1.59. The summed E-state index contributed by atoms with van der Waals surface area (Å²) in [5, 5.41) is 14.2. The summed E-state index contributed by atoms with van der Waals surface area (Å²) in [6.45, 7) is 0. The Balaban J connectivity index is 1.82. The number of hydrogen-bond acceptors (Lipinski definition) is 7. The summed E-state index contributed by atoms with van der Waals surface area (Å²) in [6, 6.07) is 11.3. The second-order valence-electron chi connectivity index (χ2n) is 9.18. The molecular formula is C26H20ClF2N7O3S. The molecule has 0 aliphatic carbocycles. The minimum atomic E-state index is -3.73. The van der Waals surface area contributed by atoms with Gasteiger partial charge in [-0.05, 0) is 54.4 Å². The number of benzene rings is 3. The predicted octanol–water partition coefficient (Wildman–Crippen LogP) is 3.69. The Morgan fingerprint density at radius 3 is 2.50 bits per heavy atom. The maximum Gasteiger partial charge on any atom is 0.266 e. The number of aromatic nitrogens is 4. The van der Waals surface area contributed by atoms with Gasteiger partial charge in [-0.15, -0.1) is 0 Å². The van der Waals surface area contributed by atoms with E-state index in [2.05, 4.69) is 14.8 Å². The zero-order valence-electron chi connectivity index (χ0n) is 21.0. The number of rotatable bonds is 6. The minimum Gasteiger partial charge on any atom is -0.321 e. The third-order valence-corrected chi connectivity index (χ3v) is 7.05. The van der Waals surface area contributed by atoms with Crippen molar-refractivity contribution in [2.45, 2.75) is 12.5 Å². The van der Waals surface area contributed by atoms with Gasteiger partial charge < -0.3 is 5.73 Å². The molecule has 0 aliphatic rings. The van der Waals surface area contributed by atoms with E-state index in [4.69, 9.17) is 17.3 Å². The number of nitrogens with two attached hydrogens (primary N) is 1. The van der Waals surface area contributed by atoms with Gasteiger partial charge in [-0.25, -0.2) is 22.2 Å². The highest BCUT2D eigenvalue weighted by Crippen LogP contribution is 2.35. The molecule has 5 rings (SSSR count). The summed E-state index contributed by atoms with van der Waals surface area (Å²) >= 11 is 6.45. The Bertz CT molecular complexity index is 2030. The van der Waals surface area contributed by atoms with Crippen LogP contribution in [-0.2, 0) is 23.5 Å². The van der Waals surface area contributed by atoms with Gasteiger partial charge in [0.1, 0.15) is 17.5 Å². The molecule has 0 unspecified atom stereocenters. The topological polar surface area (TPSA) is 149 Å². The van der Waals surface area contributed by atoms with E-state index in [0.717, 1.165) is 24.5 Å². The average molecular weight is 584 g/mol. The number of aryl methyl sites for hydroxylation is 1. The van der Waals surface area contributed by atoms with E-state index >= 15 is 0 Å². The lowest BCUT2D eigenvalue weighted by atomic mass is 10.0. The van der Waals surface area contributed by atoms with Crippen molar-refractivity contribution in [2.24, 2.45) is 12.8 Å². The summed E-state index contributed by atoms with van der Waals surface area (Å²) < 4.78 is 56.7. The number of nitrogens with zero attached hydrogens (tertiary/aromatic N) is 5. The van der Waals surface area contributed by atoms with Crippen molar-refractivity contribution < 1.29 is 17.2 Å². The van der Waals surface area contributed by atoms with Crippen LogP contribution in [0, 0.1) is 23.0 Å². The van der Waals surface area contributed by atoms with E-state index in [1.54, 1.807) is 7.05 Å². The van der Waals surface area contributed by atoms with Crippen LogP contribution < -0.4 is 16.0 Å². The molecule has 0 saturated heterocycles. The van der Waals surface area contributed by atoms with E-state index in [1.165, 1.54) is 39.6 Å². The average Bonchev–Trinajstić information content (AvgIpc) is 3.18. The van der Waals surface area contributed by atoms with Gasteiger partial charge in [-0.1, -0.05) is 11.6 Å². The van der Waals surface area contributed by atoms with E-state index in [0.29, 0.717) is 5.52 Å². The number of anilines is 1. The van der Waals surface area contributed by atoms with Crippen LogP contribution in [0.15, 0.2) is 53.3 Å². The summed E-state index contributed by atoms with van der Waals surface area (Å²) in [4.78, 5) is 18.6. The molecule has 0 aliphatic heterocycles. The van der Waals surface area contributed by atoms with Crippen molar-refractivity contribution in [3.8, 4) is 11.8 Å². The van der Waals surface area contributed by atoms with Crippen LogP contribution in [-0.4, -0.2) is 34.0 Å². The van der Waals surface area contributed by atoms with Crippen LogP contribution in [0.25, 0.3) is 27.5 Å². The lowest BCUT2D eigenvalue weighted by molar-refractivity contribution is 0.572. The largest absolute Gasteiger partial charge is 0.321 e. The van der Waals surface area contributed by atoms with Crippen molar-refractivity contribution in [1.29, 1.82) is 5.26 Å². The van der Waals surface area contributed by atoms with Gasteiger partial charge in [0.2, 0.25) is 10.0 Å². The molecule has 14 heteroatoms. The Hall–Kier alpha value is -4.38. The second-order valence-corrected chi connectivity index (χ2v) is 11.3. The zero-order chi connectivity index (χ0) is 28.9. The molecular weight excluding hydrogens is 564 g/mol. The fourth-order valence-electron chi connectivity index (χ4n) is 4.61. The van der Waals surface area contributed by atoms with Crippen molar-refractivity contribution in [2.75, 3.05) is 11.0 Å². The lowest BCUT2D eigenvalue weighted by Crippen LogP contribution is -2.30. The third-order valence-electron chi connectivity index (χ3n) is 6.17. The smallest absolute Gasteiger partial charge is 0.266 e. The molecule has 2 heterocycles.